The lowest BCUT2D eigenvalue weighted by atomic mass is 9.82. The van der Waals surface area contributed by atoms with Gasteiger partial charge in [-0.15, -0.1) is 0 Å². The van der Waals surface area contributed by atoms with Gasteiger partial charge in [0.2, 0.25) is 0 Å². The van der Waals surface area contributed by atoms with Crippen LogP contribution in [0.5, 0.6) is 0 Å². The summed E-state index contributed by atoms with van der Waals surface area (Å²) in [7, 11) is -1.71. The van der Waals surface area contributed by atoms with Crippen molar-refractivity contribution in [2.24, 2.45) is 5.73 Å². The lowest BCUT2D eigenvalue weighted by molar-refractivity contribution is -0.144. The minimum Gasteiger partial charge on any atom is -0.464 e. The molecule has 0 aromatic carbocycles. The average Bonchev–Trinajstić information content (AvgIpc) is 2.01. The largest absolute Gasteiger partial charge is 0.464 e. The number of primary amides is 1. The minimum atomic E-state index is -1.71. The van der Waals surface area contributed by atoms with Crippen LogP contribution in [0.4, 0.5) is 4.79 Å². The highest BCUT2D eigenvalue weighted by molar-refractivity contribution is 6.41. The van der Waals surface area contributed by atoms with Crippen LogP contribution in [0.3, 0.4) is 0 Å². The lowest BCUT2D eigenvalue weighted by Gasteiger charge is -2.14. The van der Waals surface area contributed by atoms with Gasteiger partial charge in [-0.25, -0.2) is 9.59 Å². The zero-order chi connectivity index (χ0) is 11.1. The van der Waals surface area contributed by atoms with Crippen LogP contribution in [-0.2, 0) is 9.53 Å². The molecule has 0 aromatic heterocycles. The van der Waals surface area contributed by atoms with Crippen LogP contribution >= 0.6 is 0 Å². The molecule has 0 aliphatic heterocycles. The van der Waals surface area contributed by atoms with E-state index >= 15 is 0 Å². The maximum atomic E-state index is 11.1. The fourth-order valence-electron chi connectivity index (χ4n) is 0.839. The van der Waals surface area contributed by atoms with Gasteiger partial charge in [0.25, 0.3) is 0 Å². The third kappa shape index (κ3) is 5.38. The van der Waals surface area contributed by atoms with Crippen LogP contribution in [0.15, 0.2) is 0 Å². The Balaban J connectivity index is 4.22. The zero-order valence-corrected chi connectivity index (χ0v) is 7.77. The van der Waals surface area contributed by atoms with E-state index in [-0.39, 0.29) is 12.9 Å². The van der Waals surface area contributed by atoms with E-state index in [2.05, 4.69) is 4.74 Å². The van der Waals surface area contributed by atoms with Gasteiger partial charge in [-0.2, -0.15) is 0 Å². The zero-order valence-electron chi connectivity index (χ0n) is 7.77. The van der Waals surface area contributed by atoms with Crippen molar-refractivity contribution >= 4 is 19.1 Å². The van der Waals surface area contributed by atoms with Gasteiger partial charge in [0, 0.05) is 6.32 Å². The second kappa shape index (κ2) is 6.22. The number of nitrogens with one attached hydrogen (secondary N) is 1. The molecule has 80 valence electrons. The molecule has 8 heteroatoms. The van der Waals surface area contributed by atoms with Crippen molar-refractivity contribution < 1.29 is 24.4 Å². The Kier molecular flexibility index (Phi) is 5.65. The number of carbonyl (C=O) groups is 2. The Hall–Kier alpha value is -1.28. The fourth-order valence-corrected chi connectivity index (χ4v) is 0.839. The summed E-state index contributed by atoms with van der Waals surface area (Å²) in [5.41, 5.74) is 4.78. The molecule has 0 rings (SSSR count). The summed E-state index contributed by atoms with van der Waals surface area (Å²) < 4.78 is 4.57. The van der Waals surface area contributed by atoms with Crippen LogP contribution in [0.2, 0.25) is 6.32 Å². The molecule has 0 spiro atoms. The van der Waals surface area contributed by atoms with Crippen molar-refractivity contribution in [2.75, 3.05) is 6.61 Å². The number of amides is 2. The topological polar surface area (TPSA) is 122 Å². The summed E-state index contributed by atoms with van der Waals surface area (Å²) in [6, 6.07) is -2.06. The molecule has 0 radical (unpaired) electrons. The molecule has 1 atom stereocenters. The number of nitrogens with two attached hydrogens (primary N) is 1. The predicted molar refractivity (Wildman–Crippen MR) is 48.1 cm³/mol. The van der Waals surface area contributed by atoms with E-state index in [0.717, 1.165) is 0 Å². The third-order valence-electron chi connectivity index (χ3n) is 1.33. The minimum absolute atomic E-state index is 0.136. The Labute approximate surface area is 81.4 Å². The van der Waals surface area contributed by atoms with E-state index in [9.17, 15) is 9.59 Å². The predicted octanol–water partition coefficient (Wildman–Crippen LogP) is -1.94. The Morgan fingerprint density at radius 1 is 1.57 bits per heavy atom. The Bertz CT molecular complexity index is 210. The summed E-state index contributed by atoms with van der Waals surface area (Å²) in [4.78, 5) is 21.5. The van der Waals surface area contributed by atoms with E-state index in [1.54, 1.807) is 6.92 Å². The van der Waals surface area contributed by atoms with Crippen LogP contribution in [0.1, 0.15) is 6.92 Å². The lowest BCUT2D eigenvalue weighted by Crippen LogP contribution is -2.46. The third-order valence-corrected chi connectivity index (χ3v) is 1.33. The molecule has 0 fully saturated rings. The Morgan fingerprint density at radius 2 is 2.14 bits per heavy atom. The number of ether oxygens (including phenoxy) is 1. The van der Waals surface area contributed by atoms with Gasteiger partial charge in [-0.1, -0.05) is 0 Å². The van der Waals surface area contributed by atoms with Crippen molar-refractivity contribution in [1.29, 1.82) is 0 Å². The normalized spacial score (nSPS) is 11.6. The summed E-state index contributed by atoms with van der Waals surface area (Å²) in [5.74, 6) is -0.751. The van der Waals surface area contributed by atoms with Gasteiger partial charge in [-0.05, 0) is 6.92 Å². The summed E-state index contributed by atoms with van der Waals surface area (Å²) >= 11 is 0. The van der Waals surface area contributed by atoms with Crippen molar-refractivity contribution in [2.45, 2.75) is 19.3 Å². The highest BCUT2D eigenvalue weighted by Crippen LogP contribution is 1.98. The first-order chi connectivity index (χ1) is 6.47. The van der Waals surface area contributed by atoms with Gasteiger partial charge in [0.1, 0.15) is 6.04 Å². The molecule has 2 amide bonds. The maximum Gasteiger partial charge on any atom is 0.454 e. The fraction of sp³-hybridized carbons (Fsp3) is 0.667. The van der Waals surface area contributed by atoms with Crippen molar-refractivity contribution in [1.82, 2.24) is 5.32 Å². The quantitative estimate of drug-likeness (QED) is 0.306. The number of carbonyl (C=O) groups excluding carboxylic acids is 2. The van der Waals surface area contributed by atoms with E-state index in [1.807, 2.05) is 5.32 Å². The van der Waals surface area contributed by atoms with Gasteiger partial charge >= 0.3 is 19.1 Å². The standard InChI is InChI=1S/C6H13BN2O5/c1-2-14-5(10)4(3-7(12)13)9-6(8)11/h4,12-13H,2-3H2,1H3,(H3,8,9,11). The number of rotatable bonds is 5. The molecule has 0 bridgehead atoms. The average molecular weight is 204 g/mol. The molecule has 0 saturated heterocycles. The van der Waals surface area contributed by atoms with Gasteiger partial charge in [0.15, 0.2) is 0 Å². The van der Waals surface area contributed by atoms with Crippen LogP contribution < -0.4 is 11.1 Å². The van der Waals surface area contributed by atoms with E-state index in [0.29, 0.717) is 0 Å². The second-order valence-corrected chi connectivity index (χ2v) is 2.53. The van der Waals surface area contributed by atoms with E-state index < -0.39 is 25.2 Å². The highest BCUT2D eigenvalue weighted by atomic mass is 16.5. The van der Waals surface area contributed by atoms with E-state index in [1.165, 1.54) is 0 Å². The summed E-state index contributed by atoms with van der Waals surface area (Å²) in [5, 5.41) is 19.3. The van der Waals surface area contributed by atoms with Gasteiger partial charge < -0.3 is 25.8 Å². The molecule has 0 aromatic rings. The van der Waals surface area contributed by atoms with Crippen molar-refractivity contribution in [3.8, 4) is 0 Å². The molecule has 0 aliphatic carbocycles. The number of hydrogen-bond donors (Lipinski definition) is 4. The maximum absolute atomic E-state index is 11.1. The van der Waals surface area contributed by atoms with Crippen molar-refractivity contribution in [3.05, 3.63) is 0 Å². The van der Waals surface area contributed by atoms with Crippen molar-refractivity contribution in [3.63, 3.8) is 0 Å². The number of urea groups is 1. The van der Waals surface area contributed by atoms with E-state index in [4.69, 9.17) is 15.8 Å². The SMILES string of the molecule is CCOC(=O)C(CB(O)O)NC(N)=O. The van der Waals surface area contributed by atoms with Crippen LogP contribution in [-0.4, -0.2) is 41.8 Å². The summed E-state index contributed by atoms with van der Waals surface area (Å²) in [6.45, 7) is 1.73. The molecule has 0 aliphatic rings. The first kappa shape index (κ1) is 12.7. The molecule has 14 heavy (non-hydrogen) atoms. The molecule has 0 saturated carbocycles. The molecule has 5 N–H and O–H groups in total. The molecule has 0 heterocycles. The molecular formula is C6H13BN2O5. The molecular weight excluding hydrogens is 191 g/mol. The van der Waals surface area contributed by atoms with Gasteiger partial charge in [-0.3, -0.25) is 0 Å². The Morgan fingerprint density at radius 3 is 2.50 bits per heavy atom. The van der Waals surface area contributed by atoms with Crippen LogP contribution in [0, 0.1) is 0 Å². The second-order valence-electron chi connectivity index (χ2n) is 2.53. The first-order valence-electron chi connectivity index (χ1n) is 4.06. The molecule has 7 nitrogen and oxygen atoms in total. The highest BCUT2D eigenvalue weighted by Gasteiger charge is 2.26. The smallest absolute Gasteiger partial charge is 0.454 e. The number of hydrogen-bond acceptors (Lipinski definition) is 5. The molecule has 1 unspecified atom stereocenters. The number of esters is 1. The monoisotopic (exact) mass is 204 g/mol. The van der Waals surface area contributed by atoms with Gasteiger partial charge in [0.05, 0.1) is 6.61 Å². The van der Waals surface area contributed by atoms with Crippen LogP contribution in [0.25, 0.3) is 0 Å². The summed E-state index contributed by atoms with van der Waals surface area (Å²) in [6.07, 6.45) is -0.359. The first-order valence-corrected chi connectivity index (χ1v) is 4.06.